The van der Waals surface area contributed by atoms with Gasteiger partial charge >= 0.3 is 0 Å². The quantitative estimate of drug-likeness (QED) is 0.836. The fourth-order valence-corrected chi connectivity index (χ4v) is 4.14. The normalized spacial score (nSPS) is 26.3. The molecule has 1 heterocycles. The summed E-state index contributed by atoms with van der Waals surface area (Å²) in [6.45, 7) is 2.19. The van der Waals surface area contributed by atoms with Crippen molar-refractivity contribution in [2.75, 3.05) is 40.9 Å². The monoisotopic (exact) mass is 316 g/mol. The summed E-state index contributed by atoms with van der Waals surface area (Å²) < 4.78 is 5.36. The van der Waals surface area contributed by atoms with Crippen LogP contribution < -0.4 is 0 Å². The SMILES string of the molecule is COCC1(C(=O)N2C[C@@H](N(C)C)[C@H](c3ccccc3)C2)CCC1. The molecule has 23 heavy (non-hydrogen) atoms. The van der Waals surface area contributed by atoms with Gasteiger partial charge in [0.1, 0.15) is 0 Å². The second-order valence-corrected chi connectivity index (χ2v) is 7.33. The van der Waals surface area contributed by atoms with Crippen LogP contribution in [-0.4, -0.2) is 62.7 Å². The van der Waals surface area contributed by atoms with Crippen LogP contribution in [0.2, 0.25) is 0 Å². The zero-order chi connectivity index (χ0) is 16.4. The predicted octanol–water partition coefficient (Wildman–Crippen LogP) is 2.36. The van der Waals surface area contributed by atoms with E-state index in [-0.39, 0.29) is 5.41 Å². The third kappa shape index (κ3) is 3.02. The summed E-state index contributed by atoms with van der Waals surface area (Å²) >= 11 is 0. The smallest absolute Gasteiger partial charge is 0.231 e. The van der Waals surface area contributed by atoms with E-state index in [0.29, 0.717) is 24.5 Å². The zero-order valence-corrected chi connectivity index (χ0v) is 14.5. The van der Waals surface area contributed by atoms with Gasteiger partial charge in [-0.15, -0.1) is 0 Å². The number of carbonyl (C=O) groups is 1. The molecule has 3 rings (SSSR count). The van der Waals surface area contributed by atoms with Crippen molar-refractivity contribution in [3.05, 3.63) is 35.9 Å². The van der Waals surface area contributed by atoms with Gasteiger partial charge in [0.05, 0.1) is 12.0 Å². The van der Waals surface area contributed by atoms with Gasteiger partial charge in [0, 0.05) is 32.2 Å². The van der Waals surface area contributed by atoms with Gasteiger partial charge < -0.3 is 14.5 Å². The van der Waals surface area contributed by atoms with Crippen molar-refractivity contribution in [3.63, 3.8) is 0 Å². The molecule has 1 saturated carbocycles. The van der Waals surface area contributed by atoms with Crippen molar-refractivity contribution in [3.8, 4) is 0 Å². The van der Waals surface area contributed by atoms with E-state index < -0.39 is 0 Å². The summed E-state index contributed by atoms with van der Waals surface area (Å²) in [6.07, 6.45) is 3.08. The first-order chi connectivity index (χ1) is 11.1. The van der Waals surface area contributed by atoms with E-state index in [9.17, 15) is 4.79 Å². The fourth-order valence-electron chi connectivity index (χ4n) is 4.14. The van der Waals surface area contributed by atoms with Crippen LogP contribution in [0.25, 0.3) is 0 Å². The lowest BCUT2D eigenvalue weighted by molar-refractivity contribution is -0.151. The highest BCUT2D eigenvalue weighted by Gasteiger charge is 2.49. The number of carbonyl (C=O) groups excluding carboxylic acids is 1. The standard InChI is InChI=1S/C19H28N2O2/c1-20(2)17-13-21(12-16(17)15-8-5-4-6-9-15)18(22)19(14-23-3)10-7-11-19/h4-6,8-9,16-17H,7,10-14H2,1-3H3/t16-,17+/m0/s1. The molecule has 0 bridgehead atoms. The minimum absolute atomic E-state index is 0.253. The van der Waals surface area contributed by atoms with E-state index in [4.69, 9.17) is 4.74 Å². The molecule has 0 aromatic heterocycles. The number of nitrogens with zero attached hydrogens (tertiary/aromatic N) is 2. The highest BCUT2D eigenvalue weighted by molar-refractivity contribution is 5.84. The van der Waals surface area contributed by atoms with Crippen LogP contribution in [0.3, 0.4) is 0 Å². The Morgan fingerprint density at radius 2 is 1.96 bits per heavy atom. The van der Waals surface area contributed by atoms with Crippen molar-refractivity contribution in [2.24, 2.45) is 5.41 Å². The maximum atomic E-state index is 13.1. The Labute approximate surface area is 139 Å². The molecule has 1 amide bonds. The first-order valence-electron chi connectivity index (χ1n) is 8.57. The fraction of sp³-hybridized carbons (Fsp3) is 0.632. The molecule has 2 aliphatic rings. The van der Waals surface area contributed by atoms with Gasteiger partial charge in [-0.2, -0.15) is 0 Å². The topological polar surface area (TPSA) is 32.8 Å². The average molecular weight is 316 g/mol. The number of likely N-dealkylation sites (tertiary alicyclic amines) is 1. The minimum Gasteiger partial charge on any atom is -0.384 e. The van der Waals surface area contributed by atoms with Gasteiger partial charge in [0.2, 0.25) is 5.91 Å². The molecule has 1 aliphatic heterocycles. The van der Waals surface area contributed by atoms with E-state index in [1.165, 1.54) is 5.56 Å². The molecule has 0 unspecified atom stereocenters. The third-order valence-electron chi connectivity index (χ3n) is 5.65. The van der Waals surface area contributed by atoms with Gasteiger partial charge in [-0.3, -0.25) is 4.79 Å². The molecule has 0 spiro atoms. The Balaban J connectivity index is 1.79. The molecule has 2 atom stereocenters. The Hall–Kier alpha value is -1.39. The number of amides is 1. The summed E-state index contributed by atoms with van der Waals surface area (Å²) in [4.78, 5) is 17.5. The first kappa shape index (κ1) is 16.5. The van der Waals surface area contributed by atoms with Crippen molar-refractivity contribution in [2.45, 2.75) is 31.2 Å². The zero-order valence-electron chi connectivity index (χ0n) is 14.5. The van der Waals surface area contributed by atoms with Gasteiger partial charge in [0.15, 0.2) is 0 Å². The van der Waals surface area contributed by atoms with Crippen LogP contribution in [0.4, 0.5) is 0 Å². The maximum Gasteiger partial charge on any atom is 0.231 e. The van der Waals surface area contributed by atoms with E-state index in [2.05, 4.69) is 48.2 Å². The van der Waals surface area contributed by atoms with Gasteiger partial charge in [-0.25, -0.2) is 0 Å². The van der Waals surface area contributed by atoms with Gasteiger partial charge in [-0.05, 0) is 32.5 Å². The lowest BCUT2D eigenvalue weighted by atomic mass is 9.68. The Bertz CT molecular complexity index is 540. The molecule has 126 valence electrons. The summed E-state index contributed by atoms with van der Waals surface area (Å²) in [5, 5.41) is 0. The molecule has 1 aliphatic carbocycles. The van der Waals surface area contributed by atoms with E-state index in [0.717, 1.165) is 32.4 Å². The van der Waals surface area contributed by atoms with Crippen LogP contribution in [0.15, 0.2) is 30.3 Å². The molecule has 1 aromatic rings. The Morgan fingerprint density at radius 3 is 2.48 bits per heavy atom. The highest BCUT2D eigenvalue weighted by atomic mass is 16.5. The predicted molar refractivity (Wildman–Crippen MR) is 91.4 cm³/mol. The van der Waals surface area contributed by atoms with E-state index >= 15 is 0 Å². The van der Waals surface area contributed by atoms with Crippen LogP contribution in [0.5, 0.6) is 0 Å². The molecule has 1 aromatic carbocycles. The summed E-state index contributed by atoms with van der Waals surface area (Å²) in [5.41, 5.74) is 1.08. The summed E-state index contributed by atoms with van der Waals surface area (Å²) in [5.74, 6) is 0.686. The van der Waals surface area contributed by atoms with Crippen LogP contribution >= 0.6 is 0 Å². The number of ether oxygens (including phenoxy) is 1. The molecule has 0 radical (unpaired) electrons. The largest absolute Gasteiger partial charge is 0.384 e. The molecule has 1 saturated heterocycles. The number of hydrogen-bond acceptors (Lipinski definition) is 3. The molecular weight excluding hydrogens is 288 g/mol. The minimum atomic E-state index is -0.253. The Kier molecular flexibility index (Phi) is 4.74. The number of rotatable bonds is 5. The lowest BCUT2D eigenvalue weighted by Gasteiger charge is -2.42. The maximum absolute atomic E-state index is 13.1. The third-order valence-corrected chi connectivity index (χ3v) is 5.65. The first-order valence-corrected chi connectivity index (χ1v) is 8.57. The molecule has 4 heteroatoms. The van der Waals surface area contributed by atoms with Crippen LogP contribution in [0, 0.1) is 5.41 Å². The Morgan fingerprint density at radius 1 is 1.26 bits per heavy atom. The van der Waals surface area contributed by atoms with Crippen LogP contribution in [-0.2, 0) is 9.53 Å². The lowest BCUT2D eigenvalue weighted by Crippen LogP contribution is -2.50. The van der Waals surface area contributed by atoms with Gasteiger partial charge in [-0.1, -0.05) is 36.8 Å². The molecular formula is C19H28N2O2. The van der Waals surface area contributed by atoms with E-state index in [1.54, 1.807) is 7.11 Å². The van der Waals surface area contributed by atoms with Crippen LogP contribution in [0.1, 0.15) is 30.7 Å². The number of likely N-dealkylation sites (N-methyl/N-ethyl adjacent to an activating group) is 1. The van der Waals surface area contributed by atoms with E-state index in [1.807, 2.05) is 6.07 Å². The number of hydrogen-bond donors (Lipinski definition) is 0. The molecule has 2 fully saturated rings. The van der Waals surface area contributed by atoms with Gasteiger partial charge in [0.25, 0.3) is 0 Å². The molecule has 0 N–H and O–H groups in total. The second kappa shape index (κ2) is 6.62. The number of methoxy groups -OCH3 is 1. The number of benzene rings is 1. The molecule has 4 nitrogen and oxygen atoms in total. The summed E-state index contributed by atoms with van der Waals surface area (Å²) in [7, 11) is 5.93. The van der Waals surface area contributed by atoms with Crippen molar-refractivity contribution >= 4 is 5.91 Å². The van der Waals surface area contributed by atoms with Crippen molar-refractivity contribution in [1.82, 2.24) is 9.80 Å². The van der Waals surface area contributed by atoms with Crippen molar-refractivity contribution in [1.29, 1.82) is 0 Å². The highest BCUT2D eigenvalue weighted by Crippen LogP contribution is 2.44. The van der Waals surface area contributed by atoms with Crippen molar-refractivity contribution < 1.29 is 9.53 Å². The average Bonchev–Trinajstić information content (AvgIpc) is 2.96. The second-order valence-electron chi connectivity index (χ2n) is 7.33. The summed E-state index contributed by atoms with van der Waals surface area (Å²) in [6, 6.07) is 11.0.